The molecule has 0 aliphatic carbocycles. The Morgan fingerprint density at radius 3 is 2.62 bits per heavy atom. The molecule has 0 spiro atoms. The molecule has 0 atom stereocenters. The third-order valence-corrected chi connectivity index (χ3v) is 4.20. The fourth-order valence-electron chi connectivity index (χ4n) is 2.90. The van der Waals surface area contributed by atoms with Gasteiger partial charge in [0.15, 0.2) is 5.84 Å². The molecule has 2 aliphatic rings. The van der Waals surface area contributed by atoms with Gasteiger partial charge in [-0.25, -0.2) is 0 Å². The van der Waals surface area contributed by atoms with Gasteiger partial charge in [-0.15, -0.1) is 17.5 Å². The van der Waals surface area contributed by atoms with E-state index >= 15 is 0 Å². The average molecular weight is 359 g/mol. The fourth-order valence-corrected chi connectivity index (χ4v) is 3.07. The lowest BCUT2D eigenvalue weighted by atomic mass is 10.00. The number of halogens is 2. The maximum atomic E-state index is 6.26. The SMILES string of the molecule is CC1=NN=C2CN=C(c3ccccc3)c3cc(Cl)ccc3N2C1.Cl. The summed E-state index contributed by atoms with van der Waals surface area (Å²) in [4.78, 5) is 6.98. The van der Waals surface area contributed by atoms with E-state index in [0.717, 1.165) is 40.6 Å². The zero-order valence-corrected chi connectivity index (χ0v) is 14.7. The second-order valence-electron chi connectivity index (χ2n) is 5.63. The molecule has 122 valence electrons. The molecule has 0 bridgehead atoms. The van der Waals surface area contributed by atoms with E-state index in [2.05, 4.69) is 27.2 Å². The third-order valence-electron chi connectivity index (χ3n) is 3.96. The largest absolute Gasteiger partial charge is 0.320 e. The average Bonchev–Trinajstić information content (AvgIpc) is 2.72. The van der Waals surface area contributed by atoms with E-state index in [1.165, 1.54) is 0 Å². The Labute approximate surface area is 152 Å². The number of hydrogen-bond donors (Lipinski definition) is 0. The minimum absolute atomic E-state index is 0. The smallest absolute Gasteiger partial charge is 0.154 e. The maximum Gasteiger partial charge on any atom is 0.154 e. The van der Waals surface area contributed by atoms with E-state index in [1.807, 2.05) is 43.3 Å². The van der Waals surface area contributed by atoms with Gasteiger partial charge in [-0.2, -0.15) is 5.10 Å². The molecule has 4 nitrogen and oxygen atoms in total. The summed E-state index contributed by atoms with van der Waals surface area (Å²) in [6.45, 7) is 3.22. The standard InChI is InChI=1S/C18H15ClN4.ClH/c1-12-11-23-16-8-7-14(19)9-15(16)18(13-5-3-2-4-6-13)20-10-17(23)22-21-12;/h2-9H,10-11H2,1H3;1H. The van der Waals surface area contributed by atoms with Crippen molar-refractivity contribution in [2.45, 2.75) is 6.92 Å². The molecule has 6 heteroatoms. The molecule has 0 amide bonds. The van der Waals surface area contributed by atoms with Gasteiger partial charge in [0.2, 0.25) is 0 Å². The highest BCUT2D eigenvalue weighted by Gasteiger charge is 2.26. The zero-order chi connectivity index (χ0) is 15.8. The van der Waals surface area contributed by atoms with Gasteiger partial charge in [-0.3, -0.25) is 4.99 Å². The van der Waals surface area contributed by atoms with E-state index in [9.17, 15) is 0 Å². The first-order valence-electron chi connectivity index (χ1n) is 7.50. The van der Waals surface area contributed by atoms with Crippen molar-refractivity contribution in [3.63, 3.8) is 0 Å². The molecule has 0 fully saturated rings. The highest BCUT2D eigenvalue weighted by molar-refractivity contribution is 6.32. The first-order valence-corrected chi connectivity index (χ1v) is 7.87. The summed E-state index contributed by atoms with van der Waals surface area (Å²) >= 11 is 6.26. The van der Waals surface area contributed by atoms with E-state index in [-0.39, 0.29) is 12.4 Å². The molecule has 2 aliphatic heterocycles. The second-order valence-corrected chi connectivity index (χ2v) is 6.07. The molecule has 2 aromatic carbocycles. The van der Waals surface area contributed by atoms with Crippen molar-refractivity contribution in [3.05, 3.63) is 64.7 Å². The third kappa shape index (κ3) is 2.95. The molecule has 0 N–H and O–H groups in total. The molecule has 0 saturated carbocycles. The summed E-state index contributed by atoms with van der Waals surface area (Å²) in [5.74, 6) is 0.866. The van der Waals surface area contributed by atoms with Crippen LogP contribution in [0.25, 0.3) is 0 Å². The van der Waals surface area contributed by atoms with Gasteiger partial charge in [0.25, 0.3) is 0 Å². The molecule has 2 heterocycles. The van der Waals surface area contributed by atoms with Crippen LogP contribution in [-0.4, -0.2) is 30.3 Å². The predicted molar refractivity (Wildman–Crippen MR) is 104 cm³/mol. The minimum Gasteiger partial charge on any atom is -0.320 e. The molecule has 2 aromatic rings. The van der Waals surface area contributed by atoms with Crippen LogP contribution in [0.1, 0.15) is 18.1 Å². The van der Waals surface area contributed by atoms with Crippen molar-refractivity contribution >= 4 is 47.0 Å². The number of nitrogens with zero attached hydrogens (tertiary/aromatic N) is 4. The molecule has 24 heavy (non-hydrogen) atoms. The van der Waals surface area contributed by atoms with Gasteiger partial charge in [-0.1, -0.05) is 41.9 Å². The maximum absolute atomic E-state index is 6.26. The summed E-state index contributed by atoms with van der Waals surface area (Å²) in [7, 11) is 0. The van der Waals surface area contributed by atoms with Gasteiger partial charge in [-0.05, 0) is 25.1 Å². The number of benzene rings is 2. The Balaban J connectivity index is 0.00000169. The number of amidine groups is 1. The number of rotatable bonds is 1. The lowest BCUT2D eigenvalue weighted by Crippen LogP contribution is -2.38. The van der Waals surface area contributed by atoms with Crippen LogP contribution in [0.2, 0.25) is 5.02 Å². The van der Waals surface area contributed by atoms with E-state index < -0.39 is 0 Å². The van der Waals surface area contributed by atoms with Crippen molar-refractivity contribution in [1.82, 2.24) is 0 Å². The van der Waals surface area contributed by atoms with Crippen LogP contribution >= 0.6 is 24.0 Å². The Hall–Kier alpha value is -2.17. The van der Waals surface area contributed by atoms with Crippen molar-refractivity contribution < 1.29 is 0 Å². The van der Waals surface area contributed by atoms with E-state index in [1.54, 1.807) is 0 Å². The summed E-state index contributed by atoms with van der Waals surface area (Å²) in [6, 6.07) is 16.1. The molecular weight excluding hydrogens is 343 g/mol. The van der Waals surface area contributed by atoms with Gasteiger partial charge in [0.1, 0.15) is 0 Å². The first kappa shape index (κ1) is 16.7. The summed E-state index contributed by atoms with van der Waals surface area (Å²) < 4.78 is 0. The van der Waals surface area contributed by atoms with Crippen molar-refractivity contribution in [2.24, 2.45) is 15.2 Å². The Bertz CT molecular complexity index is 857. The van der Waals surface area contributed by atoms with Crippen LogP contribution < -0.4 is 4.90 Å². The Morgan fingerprint density at radius 2 is 1.83 bits per heavy atom. The Morgan fingerprint density at radius 1 is 1.04 bits per heavy atom. The molecule has 4 rings (SSSR count). The van der Waals surface area contributed by atoms with Crippen LogP contribution in [0.5, 0.6) is 0 Å². The van der Waals surface area contributed by atoms with Gasteiger partial charge < -0.3 is 4.90 Å². The molecule has 0 saturated heterocycles. The monoisotopic (exact) mass is 358 g/mol. The highest BCUT2D eigenvalue weighted by Crippen LogP contribution is 2.30. The van der Waals surface area contributed by atoms with Crippen molar-refractivity contribution in [1.29, 1.82) is 0 Å². The van der Waals surface area contributed by atoms with Crippen LogP contribution in [0.3, 0.4) is 0 Å². The van der Waals surface area contributed by atoms with E-state index in [4.69, 9.17) is 16.6 Å². The van der Waals surface area contributed by atoms with Crippen molar-refractivity contribution in [2.75, 3.05) is 18.0 Å². The van der Waals surface area contributed by atoms with Gasteiger partial charge in [0.05, 0.1) is 30.2 Å². The van der Waals surface area contributed by atoms with E-state index in [0.29, 0.717) is 11.6 Å². The number of aliphatic imine (C=N–C) groups is 1. The molecule has 0 aromatic heterocycles. The summed E-state index contributed by atoms with van der Waals surface area (Å²) in [5.41, 5.74) is 5.11. The second kappa shape index (κ2) is 6.75. The van der Waals surface area contributed by atoms with Crippen LogP contribution in [0.4, 0.5) is 5.69 Å². The fraction of sp³-hybridized carbons (Fsp3) is 0.167. The number of fused-ring (bicyclic) bond motifs is 3. The number of anilines is 1. The summed E-state index contributed by atoms with van der Waals surface area (Å²) in [5, 5.41) is 9.25. The lowest BCUT2D eigenvalue weighted by Gasteiger charge is -2.27. The topological polar surface area (TPSA) is 40.3 Å². The normalized spacial score (nSPS) is 15.9. The molecular formula is C18H16Cl2N4. The lowest BCUT2D eigenvalue weighted by molar-refractivity contribution is 1.03. The van der Waals surface area contributed by atoms with Gasteiger partial charge >= 0.3 is 0 Å². The predicted octanol–water partition coefficient (Wildman–Crippen LogP) is 4.21. The van der Waals surface area contributed by atoms with Gasteiger partial charge in [0, 0.05) is 16.1 Å². The summed E-state index contributed by atoms with van der Waals surface area (Å²) in [6.07, 6.45) is 0. The highest BCUT2D eigenvalue weighted by atomic mass is 35.5. The Kier molecular flexibility index (Phi) is 4.69. The van der Waals surface area contributed by atoms with Crippen LogP contribution in [0, 0.1) is 0 Å². The number of hydrogen-bond acceptors (Lipinski definition) is 4. The first-order chi connectivity index (χ1) is 11.2. The molecule has 0 radical (unpaired) electrons. The quantitative estimate of drug-likeness (QED) is 0.752. The van der Waals surface area contributed by atoms with Crippen molar-refractivity contribution in [3.8, 4) is 0 Å². The van der Waals surface area contributed by atoms with Crippen LogP contribution in [-0.2, 0) is 0 Å². The minimum atomic E-state index is 0. The van der Waals surface area contributed by atoms with Crippen LogP contribution in [0.15, 0.2) is 63.7 Å². The zero-order valence-electron chi connectivity index (χ0n) is 13.1. The molecule has 0 unspecified atom stereocenters.